The third-order valence-corrected chi connectivity index (χ3v) is 5.51. The fourth-order valence-electron chi connectivity index (χ4n) is 2.18. The number of rotatable bonds is 3. The zero-order chi connectivity index (χ0) is 14.9. The zero-order valence-electron chi connectivity index (χ0n) is 10.6. The lowest BCUT2D eigenvalue weighted by atomic mass is 10.0. The van der Waals surface area contributed by atoms with Gasteiger partial charge in [0, 0.05) is 19.0 Å². The lowest BCUT2D eigenvalue weighted by Gasteiger charge is -2.31. The molecule has 0 amide bonds. The minimum absolute atomic E-state index is 0.177. The van der Waals surface area contributed by atoms with Crippen molar-refractivity contribution in [3.63, 3.8) is 0 Å². The van der Waals surface area contributed by atoms with Gasteiger partial charge in [-0.3, -0.25) is 0 Å². The number of benzene rings is 1. The Bertz CT molecular complexity index is 634. The average molecular weight is 320 g/mol. The predicted molar refractivity (Wildman–Crippen MR) is 74.6 cm³/mol. The van der Waals surface area contributed by atoms with Crippen molar-refractivity contribution < 1.29 is 17.2 Å². The van der Waals surface area contributed by atoms with Crippen molar-refractivity contribution in [2.24, 2.45) is 11.7 Å². The Morgan fingerprint density at radius 3 is 2.65 bits per heavy atom. The molecule has 20 heavy (non-hydrogen) atoms. The molecule has 1 aliphatic rings. The first kappa shape index (κ1) is 15.3. The van der Waals surface area contributed by atoms with E-state index in [2.05, 4.69) is 0 Å². The van der Waals surface area contributed by atoms with Gasteiger partial charge in [0.1, 0.15) is 0 Å². The Morgan fingerprint density at radius 1 is 1.35 bits per heavy atom. The molecule has 110 valence electrons. The highest BCUT2D eigenvalue weighted by Gasteiger charge is 2.31. The Hall–Kier alpha value is -1.12. The van der Waals surface area contributed by atoms with Crippen molar-refractivity contribution in [2.75, 3.05) is 13.1 Å². The van der Waals surface area contributed by atoms with Crippen LogP contribution >= 0.6 is 12.2 Å². The van der Waals surface area contributed by atoms with E-state index in [0.29, 0.717) is 19.0 Å². The molecule has 1 unspecified atom stereocenters. The van der Waals surface area contributed by atoms with Crippen LogP contribution in [0.1, 0.15) is 12.8 Å². The van der Waals surface area contributed by atoms with Gasteiger partial charge in [-0.25, -0.2) is 17.2 Å². The topological polar surface area (TPSA) is 63.4 Å². The van der Waals surface area contributed by atoms with Crippen molar-refractivity contribution in [3.8, 4) is 0 Å². The summed E-state index contributed by atoms with van der Waals surface area (Å²) < 4.78 is 52.0. The number of hydrogen-bond acceptors (Lipinski definition) is 3. The van der Waals surface area contributed by atoms with Gasteiger partial charge in [-0.05, 0) is 31.0 Å². The van der Waals surface area contributed by atoms with Crippen molar-refractivity contribution in [1.29, 1.82) is 0 Å². The average Bonchev–Trinajstić information content (AvgIpc) is 2.42. The lowest BCUT2D eigenvalue weighted by Crippen LogP contribution is -2.43. The van der Waals surface area contributed by atoms with E-state index < -0.39 is 21.7 Å². The van der Waals surface area contributed by atoms with Crippen LogP contribution in [0.5, 0.6) is 0 Å². The number of piperidine rings is 1. The van der Waals surface area contributed by atoms with Crippen LogP contribution in [-0.4, -0.2) is 30.8 Å². The van der Waals surface area contributed by atoms with Gasteiger partial charge >= 0.3 is 0 Å². The lowest BCUT2D eigenvalue weighted by molar-refractivity contribution is 0.312. The van der Waals surface area contributed by atoms with Crippen LogP contribution in [0.2, 0.25) is 0 Å². The summed E-state index contributed by atoms with van der Waals surface area (Å²) in [7, 11) is -3.86. The minimum atomic E-state index is -3.86. The van der Waals surface area contributed by atoms with Gasteiger partial charge in [-0.2, -0.15) is 4.31 Å². The van der Waals surface area contributed by atoms with E-state index in [-0.39, 0.29) is 22.3 Å². The molecular weight excluding hydrogens is 306 g/mol. The summed E-state index contributed by atoms with van der Waals surface area (Å²) in [4.78, 5) is 0.00942. The number of halogens is 2. The molecule has 0 radical (unpaired) electrons. The largest absolute Gasteiger partial charge is 0.393 e. The fraction of sp³-hybridized carbons (Fsp3) is 0.417. The summed E-state index contributed by atoms with van der Waals surface area (Å²) in [5.74, 6) is -2.45. The molecule has 2 rings (SSSR count). The second-order valence-corrected chi connectivity index (χ2v) is 7.09. The van der Waals surface area contributed by atoms with E-state index in [1.807, 2.05) is 0 Å². The highest BCUT2D eigenvalue weighted by Crippen LogP contribution is 2.24. The SMILES string of the molecule is NC(=S)C1CCCN(S(=O)(=O)c2ccc(F)c(F)c2)C1. The molecule has 1 atom stereocenters. The highest BCUT2D eigenvalue weighted by molar-refractivity contribution is 7.89. The molecule has 8 heteroatoms. The fourth-order valence-corrected chi connectivity index (χ4v) is 3.91. The third-order valence-electron chi connectivity index (χ3n) is 3.32. The molecular formula is C12H14F2N2O2S2. The van der Waals surface area contributed by atoms with Gasteiger partial charge in [0.2, 0.25) is 10.0 Å². The van der Waals surface area contributed by atoms with Gasteiger partial charge in [0.05, 0.1) is 9.88 Å². The van der Waals surface area contributed by atoms with E-state index in [9.17, 15) is 17.2 Å². The van der Waals surface area contributed by atoms with E-state index in [4.69, 9.17) is 18.0 Å². The number of nitrogens with two attached hydrogens (primary N) is 1. The van der Waals surface area contributed by atoms with Crippen LogP contribution in [0, 0.1) is 17.6 Å². The summed E-state index contributed by atoms with van der Waals surface area (Å²) in [6.45, 7) is 0.497. The van der Waals surface area contributed by atoms with Crippen LogP contribution in [0.3, 0.4) is 0 Å². The van der Waals surface area contributed by atoms with Crippen molar-refractivity contribution in [2.45, 2.75) is 17.7 Å². The second-order valence-electron chi connectivity index (χ2n) is 4.68. The molecule has 1 heterocycles. The molecule has 1 saturated heterocycles. The Labute approximate surface area is 121 Å². The summed E-state index contributed by atoms with van der Waals surface area (Å²) >= 11 is 4.89. The van der Waals surface area contributed by atoms with Crippen molar-refractivity contribution >= 4 is 27.2 Å². The van der Waals surface area contributed by atoms with E-state index in [0.717, 1.165) is 18.6 Å². The molecule has 0 bridgehead atoms. The van der Waals surface area contributed by atoms with Gasteiger partial charge in [0.25, 0.3) is 0 Å². The number of hydrogen-bond donors (Lipinski definition) is 1. The standard InChI is InChI=1S/C12H14F2N2O2S2/c13-10-4-3-9(6-11(10)14)20(17,18)16-5-1-2-8(7-16)12(15)19/h3-4,6,8H,1-2,5,7H2,(H2,15,19). The van der Waals surface area contributed by atoms with Crippen molar-refractivity contribution in [1.82, 2.24) is 4.31 Å². The predicted octanol–water partition coefficient (Wildman–Crippen LogP) is 1.65. The molecule has 1 aliphatic heterocycles. The summed E-state index contributed by atoms with van der Waals surface area (Å²) in [5.41, 5.74) is 5.56. The maximum atomic E-state index is 13.2. The first-order valence-corrected chi connectivity index (χ1v) is 7.91. The van der Waals surface area contributed by atoms with Gasteiger partial charge in [0.15, 0.2) is 11.6 Å². The van der Waals surface area contributed by atoms with Gasteiger partial charge < -0.3 is 5.73 Å². The number of nitrogens with zero attached hydrogens (tertiary/aromatic N) is 1. The van der Waals surface area contributed by atoms with Crippen LogP contribution in [0.4, 0.5) is 8.78 Å². The highest BCUT2D eigenvalue weighted by atomic mass is 32.2. The second kappa shape index (κ2) is 5.71. The van der Waals surface area contributed by atoms with E-state index in [1.54, 1.807) is 0 Å². The molecule has 1 aromatic rings. The van der Waals surface area contributed by atoms with Crippen LogP contribution in [0.15, 0.2) is 23.1 Å². The molecule has 1 fully saturated rings. The maximum Gasteiger partial charge on any atom is 0.243 e. The normalized spacial score (nSPS) is 20.8. The van der Waals surface area contributed by atoms with Crippen molar-refractivity contribution in [3.05, 3.63) is 29.8 Å². The number of sulfonamides is 1. The molecule has 0 aliphatic carbocycles. The Balaban J connectivity index is 2.29. The molecule has 4 nitrogen and oxygen atoms in total. The Kier molecular flexibility index (Phi) is 4.36. The molecule has 0 saturated carbocycles. The monoisotopic (exact) mass is 320 g/mol. The maximum absolute atomic E-state index is 13.2. The van der Waals surface area contributed by atoms with E-state index >= 15 is 0 Å². The molecule has 0 spiro atoms. The van der Waals surface area contributed by atoms with Crippen LogP contribution in [0.25, 0.3) is 0 Å². The smallest absolute Gasteiger partial charge is 0.243 e. The van der Waals surface area contributed by atoms with Gasteiger partial charge in [-0.1, -0.05) is 12.2 Å². The zero-order valence-corrected chi connectivity index (χ0v) is 12.2. The quantitative estimate of drug-likeness (QED) is 0.860. The Morgan fingerprint density at radius 2 is 2.05 bits per heavy atom. The van der Waals surface area contributed by atoms with Crippen LogP contribution in [-0.2, 0) is 10.0 Å². The minimum Gasteiger partial charge on any atom is -0.393 e. The molecule has 2 N–H and O–H groups in total. The summed E-state index contributed by atoms with van der Waals surface area (Å²) in [5, 5.41) is 0. The third kappa shape index (κ3) is 2.97. The first-order valence-electron chi connectivity index (χ1n) is 6.07. The van der Waals surface area contributed by atoms with Crippen LogP contribution < -0.4 is 5.73 Å². The molecule has 1 aromatic carbocycles. The number of thiocarbonyl (C=S) groups is 1. The summed E-state index contributed by atoms with van der Waals surface area (Å²) in [6, 6.07) is 2.55. The van der Waals surface area contributed by atoms with Gasteiger partial charge in [-0.15, -0.1) is 0 Å². The summed E-state index contributed by atoms with van der Waals surface area (Å²) in [6.07, 6.45) is 1.37. The van der Waals surface area contributed by atoms with E-state index in [1.165, 1.54) is 4.31 Å². The molecule has 0 aromatic heterocycles. The first-order chi connectivity index (χ1) is 9.32.